The van der Waals surface area contributed by atoms with E-state index in [0.29, 0.717) is 41.3 Å². The largest absolute Gasteiger partial charge is 0.367 e. The average molecular weight is 418 g/mol. The van der Waals surface area contributed by atoms with Gasteiger partial charge in [0.1, 0.15) is 5.82 Å². The van der Waals surface area contributed by atoms with Gasteiger partial charge >= 0.3 is 0 Å². The lowest BCUT2D eigenvalue weighted by atomic mass is 9.93. The van der Waals surface area contributed by atoms with Crippen molar-refractivity contribution in [1.82, 2.24) is 15.6 Å². The number of nitrogens with zero attached hydrogens (tertiary/aromatic N) is 1. The fraction of sp³-hybridized carbons (Fsp3) is 0.600. The molecule has 1 saturated heterocycles. The topological polar surface area (TPSA) is 66.1 Å². The first-order valence-electron chi connectivity index (χ1n) is 7.67. The summed E-state index contributed by atoms with van der Waals surface area (Å²) in [6.45, 7) is 3.27. The van der Waals surface area contributed by atoms with Gasteiger partial charge in [0, 0.05) is 25.7 Å². The molecule has 5 nitrogen and oxygen atoms in total. The molecule has 2 rings (SSSR count). The van der Waals surface area contributed by atoms with Crippen LogP contribution >= 0.6 is 48.0 Å². The van der Waals surface area contributed by atoms with Crippen LogP contribution < -0.4 is 16.0 Å². The average Bonchev–Trinajstić information content (AvgIpc) is 2.52. The molecule has 0 atom stereocenters. The van der Waals surface area contributed by atoms with Crippen LogP contribution in [-0.2, 0) is 4.79 Å². The van der Waals surface area contributed by atoms with Crippen LogP contribution in [0.4, 0.5) is 5.82 Å². The summed E-state index contributed by atoms with van der Waals surface area (Å²) in [7, 11) is 0. The molecule has 0 aromatic carbocycles. The lowest BCUT2D eigenvalue weighted by Gasteiger charge is -2.22. The van der Waals surface area contributed by atoms with Gasteiger partial charge in [0.05, 0.1) is 10.0 Å². The molecule has 138 valence electrons. The van der Waals surface area contributed by atoms with E-state index in [2.05, 4.69) is 20.9 Å². The van der Waals surface area contributed by atoms with E-state index in [9.17, 15) is 4.79 Å². The number of amides is 1. The number of hydrogen-bond acceptors (Lipinski definition) is 4. The zero-order chi connectivity index (χ0) is 15.8. The normalized spacial score (nSPS) is 14.2. The third-order valence-corrected chi connectivity index (χ3v) is 4.28. The van der Waals surface area contributed by atoms with Gasteiger partial charge in [0.25, 0.3) is 0 Å². The number of carbonyl (C=O) groups excluding carboxylic acids is 1. The lowest BCUT2D eigenvalue weighted by molar-refractivity contribution is -0.121. The van der Waals surface area contributed by atoms with Crippen molar-refractivity contribution >= 4 is 59.7 Å². The third-order valence-electron chi connectivity index (χ3n) is 3.79. The summed E-state index contributed by atoms with van der Waals surface area (Å²) in [6.07, 6.45) is 5.47. The van der Waals surface area contributed by atoms with Gasteiger partial charge in [-0.05, 0) is 44.3 Å². The lowest BCUT2D eigenvalue weighted by Crippen LogP contribution is -2.31. The number of aromatic nitrogens is 1. The standard InChI is InChI=1S/C15H22Cl2N4O.2ClH/c16-12-9-13(17)15(21-10-12)20-8-7-19-14(22)2-1-11-3-5-18-6-4-11;;/h9-11,18H,1-8H2,(H,19,22)(H,20,21);2*1H. The van der Waals surface area contributed by atoms with E-state index >= 15 is 0 Å². The predicted octanol–water partition coefficient (Wildman–Crippen LogP) is 3.54. The van der Waals surface area contributed by atoms with E-state index < -0.39 is 0 Å². The number of hydrogen-bond donors (Lipinski definition) is 3. The van der Waals surface area contributed by atoms with Gasteiger partial charge < -0.3 is 16.0 Å². The van der Waals surface area contributed by atoms with Gasteiger partial charge in [-0.2, -0.15) is 0 Å². The maximum absolute atomic E-state index is 11.8. The van der Waals surface area contributed by atoms with Crippen LogP contribution in [0.1, 0.15) is 25.7 Å². The minimum Gasteiger partial charge on any atom is -0.367 e. The Labute approximate surface area is 165 Å². The Morgan fingerprint density at radius 2 is 1.96 bits per heavy atom. The zero-order valence-electron chi connectivity index (χ0n) is 13.3. The maximum Gasteiger partial charge on any atom is 0.220 e. The van der Waals surface area contributed by atoms with Crippen molar-refractivity contribution in [2.75, 3.05) is 31.5 Å². The SMILES string of the molecule is Cl.Cl.O=C(CCC1CCNCC1)NCCNc1ncc(Cl)cc1Cl. The molecular weight excluding hydrogens is 394 g/mol. The van der Waals surface area contributed by atoms with E-state index in [1.165, 1.54) is 19.0 Å². The second kappa shape index (κ2) is 12.8. The fourth-order valence-electron chi connectivity index (χ4n) is 2.52. The van der Waals surface area contributed by atoms with E-state index in [1.807, 2.05) is 0 Å². The first-order valence-corrected chi connectivity index (χ1v) is 8.43. The summed E-state index contributed by atoms with van der Waals surface area (Å²) in [4.78, 5) is 15.9. The van der Waals surface area contributed by atoms with Crippen LogP contribution in [0.2, 0.25) is 10.0 Å². The van der Waals surface area contributed by atoms with Crippen LogP contribution in [0.5, 0.6) is 0 Å². The molecule has 1 aliphatic rings. The molecule has 1 aliphatic heterocycles. The summed E-state index contributed by atoms with van der Waals surface area (Å²) in [6, 6.07) is 1.63. The van der Waals surface area contributed by atoms with Crippen molar-refractivity contribution in [3.63, 3.8) is 0 Å². The van der Waals surface area contributed by atoms with Gasteiger partial charge in [0.2, 0.25) is 5.91 Å². The predicted molar refractivity (Wildman–Crippen MR) is 105 cm³/mol. The monoisotopic (exact) mass is 416 g/mol. The number of halogens is 4. The molecule has 0 radical (unpaired) electrons. The molecule has 0 bridgehead atoms. The van der Waals surface area contributed by atoms with Crippen LogP contribution in [0.25, 0.3) is 0 Å². The molecule has 9 heteroatoms. The Balaban J connectivity index is 0.00000264. The summed E-state index contributed by atoms with van der Waals surface area (Å²) < 4.78 is 0. The number of carbonyl (C=O) groups is 1. The molecular formula is C15H24Cl4N4O. The molecule has 3 N–H and O–H groups in total. The minimum absolute atomic E-state index is 0. The molecule has 0 aliphatic carbocycles. The summed E-state index contributed by atoms with van der Waals surface area (Å²) in [5.41, 5.74) is 0. The number of nitrogens with one attached hydrogen (secondary N) is 3. The Hall–Kier alpha value is -0.460. The summed E-state index contributed by atoms with van der Waals surface area (Å²) in [5, 5.41) is 10.3. The van der Waals surface area contributed by atoms with Crippen molar-refractivity contribution in [3.05, 3.63) is 22.3 Å². The van der Waals surface area contributed by atoms with E-state index in [0.717, 1.165) is 19.5 Å². The van der Waals surface area contributed by atoms with Gasteiger partial charge in [-0.25, -0.2) is 4.98 Å². The Bertz CT molecular complexity index is 498. The van der Waals surface area contributed by atoms with Crippen molar-refractivity contribution in [2.45, 2.75) is 25.7 Å². The Morgan fingerprint density at radius 1 is 1.25 bits per heavy atom. The molecule has 1 amide bonds. The second-order valence-corrected chi connectivity index (χ2v) is 6.34. The molecule has 0 spiro atoms. The van der Waals surface area contributed by atoms with Crippen molar-refractivity contribution in [1.29, 1.82) is 0 Å². The van der Waals surface area contributed by atoms with Gasteiger partial charge in [-0.1, -0.05) is 23.2 Å². The number of pyridine rings is 1. The zero-order valence-corrected chi connectivity index (χ0v) is 16.5. The highest BCUT2D eigenvalue weighted by molar-refractivity contribution is 6.35. The molecule has 0 saturated carbocycles. The number of piperidine rings is 1. The molecule has 24 heavy (non-hydrogen) atoms. The van der Waals surface area contributed by atoms with E-state index in [1.54, 1.807) is 6.07 Å². The van der Waals surface area contributed by atoms with Gasteiger partial charge in [-0.3, -0.25) is 4.79 Å². The smallest absolute Gasteiger partial charge is 0.220 e. The van der Waals surface area contributed by atoms with Crippen molar-refractivity contribution in [3.8, 4) is 0 Å². The van der Waals surface area contributed by atoms with Crippen LogP contribution in [0.15, 0.2) is 12.3 Å². The summed E-state index contributed by atoms with van der Waals surface area (Å²) in [5.74, 6) is 1.37. The van der Waals surface area contributed by atoms with Crippen molar-refractivity contribution in [2.24, 2.45) is 5.92 Å². The van der Waals surface area contributed by atoms with E-state index in [-0.39, 0.29) is 30.7 Å². The van der Waals surface area contributed by atoms with E-state index in [4.69, 9.17) is 23.2 Å². The maximum atomic E-state index is 11.8. The number of anilines is 1. The number of rotatable bonds is 7. The Morgan fingerprint density at radius 3 is 2.62 bits per heavy atom. The highest BCUT2D eigenvalue weighted by atomic mass is 35.5. The van der Waals surface area contributed by atoms with Crippen LogP contribution in [0, 0.1) is 5.92 Å². The van der Waals surface area contributed by atoms with Gasteiger partial charge in [-0.15, -0.1) is 24.8 Å². The fourth-order valence-corrected chi connectivity index (χ4v) is 2.97. The van der Waals surface area contributed by atoms with Crippen LogP contribution in [0.3, 0.4) is 0 Å². The first kappa shape index (κ1) is 23.5. The highest BCUT2D eigenvalue weighted by Crippen LogP contribution is 2.22. The van der Waals surface area contributed by atoms with Crippen LogP contribution in [-0.4, -0.2) is 37.1 Å². The highest BCUT2D eigenvalue weighted by Gasteiger charge is 2.14. The molecule has 0 unspecified atom stereocenters. The van der Waals surface area contributed by atoms with Gasteiger partial charge in [0.15, 0.2) is 0 Å². The quantitative estimate of drug-likeness (QED) is 0.593. The van der Waals surface area contributed by atoms with Crippen molar-refractivity contribution < 1.29 is 4.79 Å². The molecule has 1 aromatic heterocycles. The summed E-state index contributed by atoms with van der Waals surface area (Å²) >= 11 is 11.8. The molecule has 2 heterocycles. The molecule has 1 fully saturated rings. The Kier molecular flexibility index (Phi) is 12.6. The first-order chi connectivity index (χ1) is 10.6. The second-order valence-electron chi connectivity index (χ2n) is 5.49. The molecule has 1 aromatic rings. The third kappa shape index (κ3) is 8.58. The minimum atomic E-state index is 0.